The van der Waals surface area contributed by atoms with Gasteiger partial charge in [0.1, 0.15) is 0 Å². The summed E-state index contributed by atoms with van der Waals surface area (Å²) in [4.78, 5) is 0. The molecule has 70 valence electrons. The molecule has 14 heavy (non-hydrogen) atoms. The van der Waals surface area contributed by atoms with Crippen LogP contribution in [0.1, 0.15) is 0 Å². The molecule has 0 atom stereocenters. The first-order chi connectivity index (χ1) is 6.92. The Morgan fingerprint density at radius 1 is 0.786 bits per heavy atom. The molecule has 0 aromatic heterocycles. The first-order valence-corrected chi connectivity index (χ1v) is 4.43. The Hall–Kier alpha value is -1.83. The van der Waals surface area contributed by atoms with Crippen molar-refractivity contribution in [3.8, 4) is 11.1 Å². The largest absolute Gasteiger partial charge is 0.224 e. The minimum Gasteiger partial charge on any atom is -0.224 e. The summed E-state index contributed by atoms with van der Waals surface area (Å²) < 4.78 is 12.4. The maximum absolute atomic E-state index is 12.4. The minimum absolute atomic E-state index is 0.499. The molecule has 0 fully saturated rings. The number of halogens is 1. The van der Waals surface area contributed by atoms with Crippen LogP contribution in [0.25, 0.3) is 11.1 Å². The van der Waals surface area contributed by atoms with Gasteiger partial charge in [0.2, 0.25) is 0 Å². The first-order valence-electron chi connectivity index (χ1n) is 4.43. The van der Waals surface area contributed by atoms with Gasteiger partial charge in [0.05, 0.1) is 5.69 Å². The van der Waals surface area contributed by atoms with E-state index in [9.17, 15) is 4.48 Å². The lowest BCUT2D eigenvalue weighted by molar-refractivity contribution is 0.618. The lowest BCUT2D eigenvalue weighted by Gasteiger charge is -2.05. The number of para-hydroxylation sites is 1. The number of rotatable bonds is 2. The third kappa shape index (κ3) is 1.59. The van der Waals surface area contributed by atoms with Crippen LogP contribution in [0.4, 0.5) is 10.2 Å². The number of hydrogen-bond acceptors (Lipinski definition) is 1. The van der Waals surface area contributed by atoms with Crippen molar-refractivity contribution in [2.45, 2.75) is 0 Å². The molecule has 2 aromatic carbocycles. The van der Waals surface area contributed by atoms with Gasteiger partial charge < -0.3 is 0 Å². The van der Waals surface area contributed by atoms with Crippen LogP contribution < -0.4 is 5.54 Å². The lowest BCUT2D eigenvalue weighted by Crippen LogP contribution is -1.86. The molecule has 0 spiro atoms. The SMILES string of the molecule is FNc1ccccc1-c1ccccc1. The lowest BCUT2D eigenvalue weighted by atomic mass is 10.0. The zero-order valence-corrected chi connectivity index (χ0v) is 7.57. The standard InChI is InChI=1S/C12H10FN/c13-14-12-9-5-4-8-11(12)10-6-2-1-3-7-10/h1-9,14H. The minimum atomic E-state index is 0.499. The molecule has 0 aliphatic rings. The van der Waals surface area contributed by atoms with E-state index in [2.05, 4.69) is 0 Å². The Balaban J connectivity index is 2.51. The van der Waals surface area contributed by atoms with Crippen molar-refractivity contribution in [2.24, 2.45) is 0 Å². The van der Waals surface area contributed by atoms with Crippen molar-refractivity contribution < 1.29 is 4.48 Å². The third-order valence-corrected chi connectivity index (χ3v) is 2.11. The van der Waals surface area contributed by atoms with Crippen LogP contribution in [0.5, 0.6) is 0 Å². The van der Waals surface area contributed by atoms with Gasteiger partial charge in [0, 0.05) is 5.56 Å². The molecule has 1 nitrogen and oxygen atoms in total. The smallest absolute Gasteiger partial charge is 0.0734 e. The van der Waals surface area contributed by atoms with Crippen LogP contribution in [0, 0.1) is 0 Å². The van der Waals surface area contributed by atoms with Crippen molar-refractivity contribution >= 4 is 5.69 Å². The average Bonchev–Trinajstić information content (AvgIpc) is 2.30. The Morgan fingerprint density at radius 2 is 1.43 bits per heavy atom. The van der Waals surface area contributed by atoms with Crippen LogP contribution in [-0.2, 0) is 0 Å². The Bertz CT molecular complexity index is 412. The van der Waals surface area contributed by atoms with Crippen molar-refractivity contribution in [1.82, 2.24) is 0 Å². The van der Waals surface area contributed by atoms with Gasteiger partial charge in [-0.15, -0.1) is 4.48 Å². The molecule has 0 aliphatic carbocycles. The fraction of sp³-hybridized carbons (Fsp3) is 0. The van der Waals surface area contributed by atoms with Gasteiger partial charge in [-0.2, -0.15) is 0 Å². The average molecular weight is 187 g/mol. The van der Waals surface area contributed by atoms with Gasteiger partial charge in [-0.1, -0.05) is 48.5 Å². The quantitative estimate of drug-likeness (QED) is 0.707. The van der Waals surface area contributed by atoms with Crippen molar-refractivity contribution in [1.29, 1.82) is 0 Å². The summed E-state index contributed by atoms with van der Waals surface area (Å²) in [6, 6.07) is 17.0. The molecule has 0 aliphatic heterocycles. The van der Waals surface area contributed by atoms with Gasteiger partial charge in [-0.05, 0) is 11.6 Å². The molecule has 0 saturated carbocycles. The van der Waals surface area contributed by atoms with Crippen molar-refractivity contribution in [3.05, 3.63) is 54.6 Å². The molecule has 0 unspecified atom stereocenters. The number of nitrogens with one attached hydrogen (secondary N) is 1. The molecular formula is C12H10FN. The summed E-state index contributed by atoms with van der Waals surface area (Å²) in [6.45, 7) is 0. The zero-order valence-electron chi connectivity index (χ0n) is 7.57. The second-order valence-electron chi connectivity index (χ2n) is 3.01. The van der Waals surface area contributed by atoms with Gasteiger partial charge in [-0.3, -0.25) is 0 Å². The summed E-state index contributed by atoms with van der Waals surface area (Å²) in [5.41, 5.74) is 4.07. The van der Waals surface area contributed by atoms with E-state index < -0.39 is 0 Å². The third-order valence-electron chi connectivity index (χ3n) is 2.11. The van der Waals surface area contributed by atoms with Gasteiger partial charge in [0.25, 0.3) is 0 Å². The van der Waals surface area contributed by atoms with E-state index >= 15 is 0 Å². The number of hydrogen-bond donors (Lipinski definition) is 1. The first kappa shape index (κ1) is 8.75. The molecule has 2 aromatic rings. The van der Waals surface area contributed by atoms with Crippen LogP contribution >= 0.6 is 0 Å². The summed E-state index contributed by atoms with van der Waals surface area (Å²) in [7, 11) is 0. The molecular weight excluding hydrogens is 177 g/mol. The molecule has 0 amide bonds. The maximum Gasteiger partial charge on any atom is 0.0734 e. The summed E-state index contributed by atoms with van der Waals surface area (Å²) in [6.07, 6.45) is 0. The second-order valence-corrected chi connectivity index (χ2v) is 3.01. The normalized spacial score (nSPS) is 9.79. The summed E-state index contributed by atoms with van der Waals surface area (Å²) >= 11 is 0. The molecule has 0 heterocycles. The Morgan fingerprint density at radius 3 is 2.14 bits per heavy atom. The van der Waals surface area contributed by atoms with Gasteiger partial charge in [0.15, 0.2) is 0 Å². The van der Waals surface area contributed by atoms with Gasteiger partial charge >= 0.3 is 0 Å². The van der Waals surface area contributed by atoms with Crippen LogP contribution in [0.15, 0.2) is 54.6 Å². The van der Waals surface area contributed by atoms with Crippen LogP contribution in [0.3, 0.4) is 0 Å². The number of anilines is 1. The highest BCUT2D eigenvalue weighted by Crippen LogP contribution is 2.27. The fourth-order valence-corrected chi connectivity index (χ4v) is 1.43. The highest BCUT2D eigenvalue weighted by atomic mass is 19.2. The monoisotopic (exact) mass is 187 g/mol. The zero-order chi connectivity index (χ0) is 9.80. The van der Waals surface area contributed by atoms with E-state index in [4.69, 9.17) is 0 Å². The molecule has 1 N–H and O–H groups in total. The topological polar surface area (TPSA) is 12.0 Å². The molecule has 2 rings (SSSR count). The summed E-state index contributed by atoms with van der Waals surface area (Å²) in [5.74, 6) is 0. The Labute approximate surface area is 82.1 Å². The maximum atomic E-state index is 12.4. The molecule has 2 heteroatoms. The second kappa shape index (κ2) is 3.92. The van der Waals surface area contributed by atoms with Crippen molar-refractivity contribution in [3.63, 3.8) is 0 Å². The highest BCUT2D eigenvalue weighted by Gasteiger charge is 2.02. The predicted octanol–water partition coefficient (Wildman–Crippen LogP) is 3.65. The Kier molecular flexibility index (Phi) is 2.45. The number of benzene rings is 2. The van der Waals surface area contributed by atoms with E-state index in [1.807, 2.05) is 42.5 Å². The van der Waals surface area contributed by atoms with E-state index in [1.54, 1.807) is 17.7 Å². The van der Waals surface area contributed by atoms with Gasteiger partial charge in [-0.25, -0.2) is 5.54 Å². The summed E-state index contributed by atoms with van der Waals surface area (Å²) in [5, 5.41) is 0. The van der Waals surface area contributed by atoms with E-state index in [-0.39, 0.29) is 0 Å². The van der Waals surface area contributed by atoms with Crippen molar-refractivity contribution in [2.75, 3.05) is 5.54 Å². The predicted molar refractivity (Wildman–Crippen MR) is 56.6 cm³/mol. The van der Waals surface area contributed by atoms with Crippen LogP contribution in [0.2, 0.25) is 0 Å². The van der Waals surface area contributed by atoms with Crippen LogP contribution in [-0.4, -0.2) is 0 Å². The highest BCUT2D eigenvalue weighted by molar-refractivity contribution is 5.77. The van der Waals surface area contributed by atoms with E-state index in [1.165, 1.54) is 0 Å². The molecule has 0 bridgehead atoms. The molecule has 0 saturated heterocycles. The van der Waals surface area contributed by atoms with E-state index in [0.29, 0.717) is 5.69 Å². The fourth-order valence-electron chi connectivity index (χ4n) is 1.43. The molecule has 0 radical (unpaired) electrons. The van der Waals surface area contributed by atoms with E-state index in [0.717, 1.165) is 11.1 Å².